The molecule has 49 heavy (non-hydrogen) atoms. The summed E-state index contributed by atoms with van der Waals surface area (Å²) in [5, 5.41) is 53.9. The molecule has 9 nitrogen and oxygen atoms in total. The molecule has 1 aliphatic heterocycles. The monoisotopic (exact) mass is 698 g/mol. The van der Waals surface area contributed by atoms with E-state index in [9.17, 15) is 30.3 Å². The van der Waals surface area contributed by atoms with E-state index >= 15 is 0 Å². The first-order valence-corrected chi connectivity index (χ1v) is 20.1. The summed E-state index contributed by atoms with van der Waals surface area (Å²) in [5.41, 5.74) is 0. The minimum atomic E-state index is -1.56. The Morgan fingerprint density at radius 1 is 0.673 bits per heavy atom. The highest BCUT2D eigenvalue weighted by Gasteiger charge is 2.44. The predicted octanol–water partition coefficient (Wildman–Crippen LogP) is 7.16. The number of unbranched alkanes of at least 4 members (excludes halogenated alkanes) is 20. The van der Waals surface area contributed by atoms with E-state index in [2.05, 4.69) is 31.3 Å². The second-order valence-corrected chi connectivity index (χ2v) is 14.1. The minimum absolute atomic E-state index is 0.191. The van der Waals surface area contributed by atoms with Crippen LogP contribution in [0.4, 0.5) is 0 Å². The lowest BCUT2D eigenvalue weighted by atomic mass is 9.99. The SMILES string of the molecule is CCCC/C=C\CCCCCCC(=O)NC(COC1OC(CO)C(O)C(O)C1O)C(O)/C=C/CCCCCCCCCCCCCCCC. The molecule has 1 aliphatic rings. The lowest BCUT2D eigenvalue weighted by Gasteiger charge is -2.40. The molecule has 1 heterocycles. The van der Waals surface area contributed by atoms with Crippen molar-refractivity contribution in [3.05, 3.63) is 24.3 Å². The van der Waals surface area contributed by atoms with E-state index in [1.54, 1.807) is 6.08 Å². The first kappa shape index (κ1) is 45.7. The largest absolute Gasteiger partial charge is 0.394 e. The maximum absolute atomic E-state index is 12.8. The number of carbonyl (C=O) groups excluding carboxylic acids is 1. The van der Waals surface area contributed by atoms with Crippen molar-refractivity contribution in [2.24, 2.45) is 0 Å². The predicted molar refractivity (Wildman–Crippen MR) is 198 cm³/mol. The molecule has 1 amide bonds. The average Bonchev–Trinajstić information content (AvgIpc) is 3.10. The second-order valence-electron chi connectivity index (χ2n) is 14.1. The molecule has 1 fully saturated rings. The molecular weight excluding hydrogens is 622 g/mol. The molecule has 9 heteroatoms. The second kappa shape index (κ2) is 31.4. The fraction of sp³-hybridized carbons (Fsp3) is 0.875. The third-order valence-corrected chi connectivity index (χ3v) is 9.52. The molecule has 0 spiro atoms. The maximum Gasteiger partial charge on any atom is 0.220 e. The summed E-state index contributed by atoms with van der Waals surface area (Å²) in [6, 6.07) is -0.805. The van der Waals surface area contributed by atoms with Crippen LogP contribution in [-0.2, 0) is 14.3 Å². The van der Waals surface area contributed by atoms with Crippen LogP contribution in [0.25, 0.3) is 0 Å². The summed E-state index contributed by atoms with van der Waals surface area (Å²) in [5.74, 6) is -0.193. The lowest BCUT2D eigenvalue weighted by molar-refractivity contribution is -0.302. The van der Waals surface area contributed by atoms with Crippen LogP contribution in [0.15, 0.2) is 24.3 Å². The number of aliphatic hydroxyl groups is 5. The Balaban J connectivity index is 2.43. The number of aliphatic hydroxyl groups excluding tert-OH is 5. The Morgan fingerprint density at radius 3 is 1.71 bits per heavy atom. The molecule has 288 valence electrons. The molecular formula is C40H75NO8. The number of rotatable bonds is 32. The van der Waals surface area contributed by atoms with Gasteiger partial charge in [0, 0.05) is 6.42 Å². The molecule has 6 N–H and O–H groups in total. The van der Waals surface area contributed by atoms with Crippen molar-refractivity contribution < 1.29 is 39.8 Å². The van der Waals surface area contributed by atoms with E-state index in [-0.39, 0.29) is 12.5 Å². The summed E-state index contributed by atoms with van der Waals surface area (Å²) in [7, 11) is 0. The molecule has 0 aromatic carbocycles. The van der Waals surface area contributed by atoms with Crippen molar-refractivity contribution in [3.8, 4) is 0 Å². The van der Waals surface area contributed by atoms with Crippen LogP contribution in [0.1, 0.15) is 168 Å². The Morgan fingerprint density at radius 2 is 1.16 bits per heavy atom. The standard InChI is InChI=1S/C40H75NO8/c1-3-5-7-9-11-13-15-16-17-18-19-20-21-23-25-27-29-34(43)33(32-48-40-39(47)38(46)37(45)35(31-42)49-40)41-36(44)30-28-26-24-22-14-12-10-8-6-4-2/h10,12,27,29,33-35,37-40,42-43,45-47H,3-9,11,13-26,28,30-32H2,1-2H3,(H,41,44)/b12-10-,29-27+. The summed E-state index contributed by atoms with van der Waals surface area (Å²) >= 11 is 0. The highest BCUT2D eigenvalue weighted by molar-refractivity contribution is 5.76. The smallest absolute Gasteiger partial charge is 0.220 e. The van der Waals surface area contributed by atoms with Crippen molar-refractivity contribution in [3.63, 3.8) is 0 Å². The van der Waals surface area contributed by atoms with Crippen molar-refractivity contribution in [1.29, 1.82) is 0 Å². The molecule has 1 rings (SSSR count). The Labute approximate surface area is 298 Å². The number of allylic oxidation sites excluding steroid dienone is 3. The van der Waals surface area contributed by atoms with Gasteiger partial charge >= 0.3 is 0 Å². The molecule has 0 aliphatic carbocycles. The van der Waals surface area contributed by atoms with Gasteiger partial charge in [-0.2, -0.15) is 0 Å². The van der Waals surface area contributed by atoms with Crippen molar-refractivity contribution >= 4 is 5.91 Å². The van der Waals surface area contributed by atoms with Gasteiger partial charge in [-0.05, 0) is 38.5 Å². The number of hydrogen-bond acceptors (Lipinski definition) is 8. The minimum Gasteiger partial charge on any atom is -0.394 e. The Bertz CT molecular complexity index is 822. The van der Waals surface area contributed by atoms with Crippen LogP contribution in [0, 0.1) is 0 Å². The van der Waals surface area contributed by atoms with Crippen molar-refractivity contribution in [2.45, 2.75) is 211 Å². The van der Waals surface area contributed by atoms with Crippen LogP contribution in [0.2, 0.25) is 0 Å². The molecule has 0 radical (unpaired) electrons. The summed E-state index contributed by atoms with van der Waals surface area (Å²) in [6.45, 7) is 3.70. The van der Waals surface area contributed by atoms with Crippen LogP contribution < -0.4 is 5.32 Å². The zero-order chi connectivity index (χ0) is 36.0. The highest BCUT2D eigenvalue weighted by Crippen LogP contribution is 2.22. The van der Waals surface area contributed by atoms with E-state index in [0.717, 1.165) is 57.8 Å². The van der Waals surface area contributed by atoms with Gasteiger partial charge in [0.15, 0.2) is 6.29 Å². The quantitative estimate of drug-likeness (QED) is 0.0320. The topological polar surface area (TPSA) is 149 Å². The van der Waals surface area contributed by atoms with Gasteiger partial charge in [-0.1, -0.05) is 147 Å². The first-order chi connectivity index (χ1) is 23.8. The van der Waals surface area contributed by atoms with E-state index in [4.69, 9.17) is 9.47 Å². The van der Waals surface area contributed by atoms with Gasteiger partial charge < -0.3 is 40.3 Å². The number of amides is 1. The molecule has 7 unspecified atom stereocenters. The van der Waals surface area contributed by atoms with E-state index in [1.807, 2.05) is 6.08 Å². The zero-order valence-electron chi connectivity index (χ0n) is 31.2. The fourth-order valence-electron chi connectivity index (χ4n) is 6.19. The fourth-order valence-corrected chi connectivity index (χ4v) is 6.19. The number of hydrogen-bond donors (Lipinski definition) is 6. The molecule has 0 aromatic rings. The van der Waals surface area contributed by atoms with Gasteiger partial charge in [-0.3, -0.25) is 4.79 Å². The van der Waals surface area contributed by atoms with Gasteiger partial charge in [-0.15, -0.1) is 0 Å². The molecule has 1 saturated heterocycles. The summed E-state index contributed by atoms with van der Waals surface area (Å²) < 4.78 is 11.1. The molecule has 0 aromatic heterocycles. The van der Waals surface area contributed by atoms with Gasteiger partial charge in [0.2, 0.25) is 5.91 Å². The average molecular weight is 698 g/mol. The maximum atomic E-state index is 12.8. The Kier molecular flexibility index (Phi) is 29.3. The lowest BCUT2D eigenvalue weighted by Crippen LogP contribution is -2.60. The molecule has 7 atom stereocenters. The normalized spacial score (nSPS) is 22.6. The molecule has 0 bridgehead atoms. The Hall–Kier alpha value is -1.33. The number of nitrogens with one attached hydrogen (secondary N) is 1. The third-order valence-electron chi connectivity index (χ3n) is 9.52. The first-order valence-electron chi connectivity index (χ1n) is 20.1. The molecule has 0 saturated carbocycles. The van der Waals surface area contributed by atoms with Gasteiger partial charge in [0.05, 0.1) is 25.4 Å². The van der Waals surface area contributed by atoms with Gasteiger partial charge in [0.1, 0.15) is 24.4 Å². The van der Waals surface area contributed by atoms with E-state index in [1.165, 1.54) is 89.9 Å². The van der Waals surface area contributed by atoms with Crippen LogP contribution >= 0.6 is 0 Å². The number of ether oxygens (including phenoxy) is 2. The van der Waals surface area contributed by atoms with Crippen LogP contribution in [-0.4, -0.2) is 87.5 Å². The van der Waals surface area contributed by atoms with Crippen LogP contribution in [0.3, 0.4) is 0 Å². The van der Waals surface area contributed by atoms with Crippen LogP contribution in [0.5, 0.6) is 0 Å². The zero-order valence-corrected chi connectivity index (χ0v) is 31.2. The van der Waals surface area contributed by atoms with E-state index in [0.29, 0.717) is 6.42 Å². The summed E-state index contributed by atoms with van der Waals surface area (Å²) in [6.07, 6.45) is 27.9. The van der Waals surface area contributed by atoms with E-state index < -0.39 is 49.5 Å². The third kappa shape index (κ3) is 23.0. The van der Waals surface area contributed by atoms with Crippen molar-refractivity contribution in [1.82, 2.24) is 5.32 Å². The van der Waals surface area contributed by atoms with Gasteiger partial charge in [-0.25, -0.2) is 0 Å². The number of carbonyl (C=O) groups is 1. The summed E-state index contributed by atoms with van der Waals surface area (Å²) in [4.78, 5) is 12.8. The highest BCUT2D eigenvalue weighted by atomic mass is 16.7. The van der Waals surface area contributed by atoms with Crippen molar-refractivity contribution in [2.75, 3.05) is 13.2 Å². The van der Waals surface area contributed by atoms with Gasteiger partial charge in [0.25, 0.3) is 0 Å².